The summed E-state index contributed by atoms with van der Waals surface area (Å²) in [6.45, 7) is 0.417. The van der Waals surface area contributed by atoms with Gasteiger partial charge < -0.3 is 29.5 Å². The molecule has 10 heteroatoms. The molecule has 0 spiro atoms. The molecule has 4 aromatic carbocycles. The summed E-state index contributed by atoms with van der Waals surface area (Å²) < 4.78 is 11.8. The molecule has 0 radical (unpaired) electrons. The molecule has 0 bridgehead atoms. The van der Waals surface area contributed by atoms with Gasteiger partial charge in [-0.1, -0.05) is 60.7 Å². The maximum Gasteiger partial charge on any atom is 0.308 e. The molecule has 4 aromatic rings. The molecule has 3 fully saturated rings. The van der Waals surface area contributed by atoms with E-state index < -0.39 is 47.4 Å². The van der Waals surface area contributed by atoms with Crippen LogP contribution in [0.1, 0.15) is 49.7 Å². The molecule has 4 atom stereocenters. The normalized spacial score (nSPS) is 21.1. The van der Waals surface area contributed by atoms with Crippen LogP contribution >= 0.6 is 0 Å². The maximum atomic E-state index is 14.6. The number of para-hydroxylation sites is 2. The molecule has 0 aliphatic heterocycles. The van der Waals surface area contributed by atoms with Crippen LogP contribution in [0.25, 0.3) is 0 Å². The average molecular weight is 703 g/mol. The third-order valence-electron chi connectivity index (χ3n) is 10.8. The van der Waals surface area contributed by atoms with Gasteiger partial charge in [0.05, 0.1) is 23.7 Å². The Kier molecular flexibility index (Phi) is 10.2. The number of amides is 2. The van der Waals surface area contributed by atoms with Crippen LogP contribution in [0.15, 0.2) is 109 Å². The summed E-state index contributed by atoms with van der Waals surface area (Å²) in [5.74, 6) is -6.68. The van der Waals surface area contributed by atoms with E-state index in [2.05, 4.69) is 0 Å². The molecule has 10 nitrogen and oxygen atoms in total. The molecule has 52 heavy (non-hydrogen) atoms. The van der Waals surface area contributed by atoms with Gasteiger partial charge in [0.2, 0.25) is 11.8 Å². The fourth-order valence-corrected chi connectivity index (χ4v) is 7.50. The Morgan fingerprint density at radius 2 is 0.808 bits per heavy atom. The van der Waals surface area contributed by atoms with Gasteiger partial charge in [0.15, 0.2) is 0 Å². The molecular formula is C42H42N2O8. The summed E-state index contributed by atoms with van der Waals surface area (Å²) in [4.78, 5) is 57.7. The molecule has 4 unspecified atom stereocenters. The SMILES string of the molecule is O=C(O)C1C(C(=O)O)C(C(=O)N(Cc2ccc(Oc3ccccc3)cc2)C2CCC2)C1C(=O)N(Cc1ccc(Oc2ccccc2)cc1)C1CCC1. The second-order valence-corrected chi connectivity index (χ2v) is 14.0. The second-order valence-electron chi connectivity index (χ2n) is 14.0. The topological polar surface area (TPSA) is 134 Å². The zero-order chi connectivity index (χ0) is 36.2. The lowest BCUT2D eigenvalue weighted by molar-refractivity contribution is -0.190. The van der Waals surface area contributed by atoms with Gasteiger partial charge in [-0.25, -0.2) is 0 Å². The minimum Gasteiger partial charge on any atom is -0.481 e. The Bertz CT molecular complexity index is 1740. The Morgan fingerprint density at radius 3 is 1.10 bits per heavy atom. The lowest BCUT2D eigenvalue weighted by Crippen LogP contribution is -2.66. The number of carboxylic acid groups (broad SMARTS) is 2. The summed E-state index contributed by atoms with van der Waals surface area (Å²) in [6.07, 6.45) is 4.87. The highest BCUT2D eigenvalue weighted by Crippen LogP contribution is 2.50. The van der Waals surface area contributed by atoms with Gasteiger partial charge in [0.1, 0.15) is 23.0 Å². The van der Waals surface area contributed by atoms with Crippen molar-refractivity contribution in [3.05, 3.63) is 120 Å². The zero-order valence-electron chi connectivity index (χ0n) is 28.8. The van der Waals surface area contributed by atoms with Gasteiger partial charge >= 0.3 is 11.9 Å². The van der Waals surface area contributed by atoms with E-state index >= 15 is 0 Å². The largest absolute Gasteiger partial charge is 0.481 e. The number of aliphatic carboxylic acids is 2. The van der Waals surface area contributed by atoms with E-state index in [1.165, 1.54) is 0 Å². The van der Waals surface area contributed by atoms with Crippen molar-refractivity contribution in [3.63, 3.8) is 0 Å². The Hall–Kier alpha value is -5.64. The van der Waals surface area contributed by atoms with E-state index in [1.54, 1.807) is 9.80 Å². The van der Waals surface area contributed by atoms with Crippen LogP contribution in [0.4, 0.5) is 0 Å². The van der Waals surface area contributed by atoms with E-state index in [1.807, 2.05) is 109 Å². The lowest BCUT2D eigenvalue weighted by atomic mass is 9.55. The molecule has 0 saturated heterocycles. The summed E-state index contributed by atoms with van der Waals surface area (Å²) >= 11 is 0. The molecule has 0 aromatic heterocycles. The zero-order valence-corrected chi connectivity index (χ0v) is 28.8. The van der Waals surface area contributed by atoms with E-state index in [0.29, 0.717) is 23.0 Å². The first kappa shape index (κ1) is 34.8. The van der Waals surface area contributed by atoms with Crippen molar-refractivity contribution in [3.8, 4) is 23.0 Å². The van der Waals surface area contributed by atoms with Crippen LogP contribution in [0.5, 0.6) is 23.0 Å². The third-order valence-corrected chi connectivity index (χ3v) is 10.8. The quantitative estimate of drug-likeness (QED) is 0.139. The van der Waals surface area contributed by atoms with E-state index in [9.17, 15) is 29.4 Å². The van der Waals surface area contributed by atoms with Gasteiger partial charge in [-0.15, -0.1) is 0 Å². The summed E-state index contributed by atoms with van der Waals surface area (Å²) in [6, 6.07) is 33.3. The summed E-state index contributed by atoms with van der Waals surface area (Å²) in [5, 5.41) is 20.6. The first-order chi connectivity index (χ1) is 25.3. The molecule has 0 heterocycles. The van der Waals surface area contributed by atoms with Crippen molar-refractivity contribution >= 4 is 23.8 Å². The van der Waals surface area contributed by atoms with Crippen molar-refractivity contribution in [1.82, 2.24) is 9.80 Å². The van der Waals surface area contributed by atoms with Crippen LogP contribution < -0.4 is 9.47 Å². The number of nitrogens with zero attached hydrogens (tertiary/aromatic N) is 2. The maximum absolute atomic E-state index is 14.6. The average Bonchev–Trinajstić information content (AvgIpc) is 3.08. The number of carbonyl (C=O) groups is 4. The molecule has 2 amide bonds. The first-order valence-electron chi connectivity index (χ1n) is 18.0. The Labute approximate surface area is 302 Å². The van der Waals surface area contributed by atoms with Crippen LogP contribution in [0.3, 0.4) is 0 Å². The summed E-state index contributed by atoms with van der Waals surface area (Å²) in [5.41, 5.74) is 1.64. The van der Waals surface area contributed by atoms with Gasteiger partial charge in [0.25, 0.3) is 0 Å². The van der Waals surface area contributed by atoms with E-state index in [-0.39, 0.29) is 25.2 Å². The van der Waals surface area contributed by atoms with Crippen molar-refractivity contribution in [1.29, 1.82) is 0 Å². The fraction of sp³-hybridized carbons (Fsp3) is 0.333. The highest BCUT2D eigenvalue weighted by Gasteiger charge is 2.65. The number of ether oxygens (including phenoxy) is 2. The second kappa shape index (κ2) is 15.3. The number of hydrogen-bond acceptors (Lipinski definition) is 6. The minimum absolute atomic E-state index is 0.124. The van der Waals surface area contributed by atoms with Crippen LogP contribution in [-0.4, -0.2) is 55.8 Å². The van der Waals surface area contributed by atoms with Crippen molar-refractivity contribution in [2.75, 3.05) is 0 Å². The Balaban J connectivity index is 1.12. The fourth-order valence-electron chi connectivity index (χ4n) is 7.50. The van der Waals surface area contributed by atoms with E-state index in [4.69, 9.17) is 9.47 Å². The Morgan fingerprint density at radius 1 is 0.481 bits per heavy atom. The molecular weight excluding hydrogens is 660 g/mol. The molecule has 2 N–H and O–H groups in total. The van der Waals surface area contributed by atoms with Gasteiger partial charge in [-0.2, -0.15) is 0 Å². The molecule has 268 valence electrons. The molecule has 3 aliphatic rings. The van der Waals surface area contributed by atoms with Crippen LogP contribution in [0.2, 0.25) is 0 Å². The first-order valence-corrected chi connectivity index (χ1v) is 18.0. The van der Waals surface area contributed by atoms with Crippen molar-refractivity contribution < 1.29 is 38.9 Å². The van der Waals surface area contributed by atoms with Crippen LogP contribution in [-0.2, 0) is 32.3 Å². The monoisotopic (exact) mass is 702 g/mol. The predicted molar refractivity (Wildman–Crippen MR) is 192 cm³/mol. The van der Waals surface area contributed by atoms with Crippen molar-refractivity contribution in [2.45, 2.75) is 63.7 Å². The number of benzene rings is 4. The third kappa shape index (κ3) is 7.37. The molecule has 7 rings (SSSR count). The summed E-state index contributed by atoms with van der Waals surface area (Å²) in [7, 11) is 0. The number of carbonyl (C=O) groups excluding carboxylic acids is 2. The van der Waals surface area contributed by atoms with Crippen LogP contribution in [0, 0.1) is 23.7 Å². The highest BCUT2D eigenvalue weighted by molar-refractivity contribution is 6.00. The highest BCUT2D eigenvalue weighted by atomic mass is 16.5. The standard InChI is InChI=1S/C42H42N2O8/c45-39(43(29-9-7-10-29)25-27-17-21-33(22-18-27)51-31-13-3-1-4-14-31)35-36(38(42(49)50)37(35)41(47)48)40(46)44(30-11-8-12-30)26-28-19-23-34(24-20-28)52-32-15-5-2-6-16-32/h1-6,13-24,29-30,35-38H,7-12,25-26H2,(H,47,48)(H,49,50). The van der Waals surface area contributed by atoms with Crippen molar-refractivity contribution in [2.24, 2.45) is 23.7 Å². The molecule has 3 saturated carbocycles. The number of hydrogen-bond donors (Lipinski definition) is 2. The minimum atomic E-state index is -1.51. The number of rotatable bonds is 14. The predicted octanol–water partition coefficient (Wildman–Crippen LogP) is 7.38. The molecule has 3 aliphatic carbocycles. The van der Waals surface area contributed by atoms with E-state index in [0.717, 1.165) is 49.7 Å². The van der Waals surface area contributed by atoms with Gasteiger partial charge in [-0.05, 0) is 98.2 Å². The number of carboxylic acids is 2. The smallest absolute Gasteiger partial charge is 0.308 e. The van der Waals surface area contributed by atoms with Gasteiger partial charge in [0, 0.05) is 25.2 Å². The van der Waals surface area contributed by atoms with Gasteiger partial charge in [-0.3, -0.25) is 19.2 Å². The lowest BCUT2D eigenvalue weighted by Gasteiger charge is -2.51.